The first-order chi connectivity index (χ1) is 8.03. The summed E-state index contributed by atoms with van der Waals surface area (Å²) in [5.74, 6) is 0. The van der Waals surface area contributed by atoms with Crippen LogP contribution in [0.15, 0.2) is 29.1 Å². The van der Waals surface area contributed by atoms with E-state index < -0.39 is 5.60 Å². The average Bonchev–Trinajstić information content (AvgIpc) is 2.56. The molecule has 1 heterocycles. The molecule has 0 amide bonds. The fraction of sp³-hybridized carbons (Fsp3) is 0.462. The van der Waals surface area contributed by atoms with Crippen molar-refractivity contribution in [2.75, 3.05) is 0 Å². The van der Waals surface area contributed by atoms with Crippen LogP contribution in [0.3, 0.4) is 0 Å². The molecule has 0 bridgehead atoms. The summed E-state index contributed by atoms with van der Waals surface area (Å²) in [7, 11) is 0. The van der Waals surface area contributed by atoms with Gasteiger partial charge in [-0.05, 0) is 25.5 Å². The van der Waals surface area contributed by atoms with Gasteiger partial charge in [0.2, 0.25) is 0 Å². The minimum Gasteiger partial charge on any atom is -0.388 e. The minimum absolute atomic E-state index is 0.00183. The summed E-state index contributed by atoms with van der Waals surface area (Å²) in [6.45, 7) is 4.19. The van der Waals surface area contributed by atoms with Crippen LogP contribution in [0, 0.1) is 0 Å². The Labute approximate surface area is 104 Å². The lowest BCUT2D eigenvalue weighted by Crippen LogP contribution is -2.33. The predicted octanol–water partition coefficient (Wildman–Crippen LogP) is 2.61. The zero-order valence-corrected chi connectivity index (χ0v) is 11.0. The summed E-state index contributed by atoms with van der Waals surface area (Å²) in [5.41, 5.74) is -0.804. The molecule has 92 valence electrons. The normalized spacial score (nSPS) is 15.0. The van der Waals surface area contributed by atoms with Gasteiger partial charge in [-0.25, -0.2) is 0 Å². The number of hydrogen-bond donors (Lipinski definition) is 1. The maximum absolute atomic E-state index is 12.1. The van der Waals surface area contributed by atoms with Crippen LogP contribution < -0.4 is 5.56 Å². The summed E-state index contributed by atoms with van der Waals surface area (Å²) >= 11 is 1.42. The monoisotopic (exact) mass is 251 g/mol. The molecule has 0 spiro atoms. The Morgan fingerprint density at radius 1 is 1.41 bits per heavy atom. The number of aliphatic hydroxyl groups is 1. The fourth-order valence-electron chi connectivity index (χ4n) is 2.05. The molecular formula is C13H17NO2S. The lowest BCUT2D eigenvalue weighted by atomic mass is 10.0. The van der Waals surface area contributed by atoms with Gasteiger partial charge in [0.25, 0.3) is 5.56 Å². The van der Waals surface area contributed by atoms with Crippen molar-refractivity contribution in [3.63, 3.8) is 0 Å². The van der Waals surface area contributed by atoms with E-state index in [9.17, 15) is 9.90 Å². The van der Waals surface area contributed by atoms with Gasteiger partial charge in [-0.15, -0.1) is 0 Å². The number of hydrogen-bond acceptors (Lipinski definition) is 3. The predicted molar refractivity (Wildman–Crippen MR) is 71.6 cm³/mol. The standard InChI is InChI=1S/C13H17NO2S/c1-3-8-13(2,16)9-14-12(15)10-6-4-5-7-11(10)17-14/h4-7,16H,3,8-9H2,1-2H3. The van der Waals surface area contributed by atoms with E-state index >= 15 is 0 Å². The highest BCUT2D eigenvalue weighted by molar-refractivity contribution is 7.13. The van der Waals surface area contributed by atoms with Crippen LogP contribution in [0.2, 0.25) is 0 Å². The quantitative estimate of drug-likeness (QED) is 0.907. The summed E-state index contributed by atoms with van der Waals surface area (Å²) in [4.78, 5) is 12.1. The van der Waals surface area contributed by atoms with E-state index in [1.165, 1.54) is 11.5 Å². The topological polar surface area (TPSA) is 42.2 Å². The van der Waals surface area contributed by atoms with Crippen molar-refractivity contribution in [1.82, 2.24) is 3.96 Å². The first kappa shape index (κ1) is 12.3. The van der Waals surface area contributed by atoms with E-state index in [1.54, 1.807) is 10.9 Å². The van der Waals surface area contributed by atoms with Crippen molar-refractivity contribution in [1.29, 1.82) is 0 Å². The number of rotatable bonds is 4. The number of aromatic nitrogens is 1. The molecule has 1 N–H and O–H groups in total. The van der Waals surface area contributed by atoms with E-state index in [0.717, 1.165) is 16.5 Å². The maximum Gasteiger partial charge on any atom is 0.268 e. The van der Waals surface area contributed by atoms with Crippen LogP contribution in [0.1, 0.15) is 26.7 Å². The van der Waals surface area contributed by atoms with Gasteiger partial charge in [-0.1, -0.05) is 37.0 Å². The number of benzene rings is 1. The fourth-order valence-corrected chi connectivity index (χ4v) is 3.20. The molecule has 0 fully saturated rings. The van der Waals surface area contributed by atoms with Gasteiger partial charge in [-0.3, -0.25) is 8.75 Å². The van der Waals surface area contributed by atoms with Crippen molar-refractivity contribution < 1.29 is 5.11 Å². The Hall–Kier alpha value is -1.13. The first-order valence-electron chi connectivity index (χ1n) is 5.85. The van der Waals surface area contributed by atoms with Crippen LogP contribution in [-0.2, 0) is 6.54 Å². The highest BCUT2D eigenvalue weighted by atomic mass is 32.1. The van der Waals surface area contributed by atoms with E-state index in [2.05, 4.69) is 0 Å². The molecule has 3 nitrogen and oxygen atoms in total. The second kappa shape index (κ2) is 4.63. The van der Waals surface area contributed by atoms with Gasteiger partial charge in [0.05, 0.1) is 22.2 Å². The molecule has 0 aliphatic heterocycles. The molecule has 0 saturated heterocycles. The van der Waals surface area contributed by atoms with Crippen molar-refractivity contribution in [2.45, 2.75) is 38.8 Å². The van der Waals surface area contributed by atoms with Gasteiger partial charge in [0.1, 0.15) is 0 Å². The highest BCUT2D eigenvalue weighted by Crippen LogP contribution is 2.20. The molecule has 0 aliphatic rings. The third-order valence-corrected chi connectivity index (χ3v) is 3.89. The minimum atomic E-state index is -0.806. The van der Waals surface area contributed by atoms with Crippen molar-refractivity contribution in [3.8, 4) is 0 Å². The molecular weight excluding hydrogens is 234 g/mol. The molecule has 4 heteroatoms. The Morgan fingerprint density at radius 2 is 2.12 bits per heavy atom. The lowest BCUT2D eigenvalue weighted by Gasteiger charge is -2.21. The van der Waals surface area contributed by atoms with Crippen molar-refractivity contribution in [3.05, 3.63) is 34.6 Å². The van der Waals surface area contributed by atoms with Gasteiger partial charge in [0.15, 0.2) is 0 Å². The Bertz CT molecular complexity index is 568. The molecule has 1 atom stereocenters. The summed E-state index contributed by atoms with van der Waals surface area (Å²) < 4.78 is 2.63. The number of nitrogens with zero attached hydrogens (tertiary/aromatic N) is 1. The Balaban J connectivity index is 2.37. The van der Waals surface area contributed by atoms with Gasteiger partial charge in [-0.2, -0.15) is 0 Å². The van der Waals surface area contributed by atoms with E-state index in [1.807, 2.05) is 31.2 Å². The molecule has 0 saturated carbocycles. The molecule has 2 aromatic rings. The van der Waals surface area contributed by atoms with E-state index in [-0.39, 0.29) is 5.56 Å². The molecule has 1 unspecified atom stereocenters. The Kier molecular flexibility index (Phi) is 3.35. The van der Waals surface area contributed by atoms with Crippen LogP contribution in [0.4, 0.5) is 0 Å². The molecule has 0 radical (unpaired) electrons. The van der Waals surface area contributed by atoms with Crippen LogP contribution >= 0.6 is 11.5 Å². The van der Waals surface area contributed by atoms with Crippen molar-refractivity contribution in [2.24, 2.45) is 0 Å². The van der Waals surface area contributed by atoms with Crippen LogP contribution in [0.5, 0.6) is 0 Å². The van der Waals surface area contributed by atoms with Crippen LogP contribution in [0.25, 0.3) is 10.1 Å². The smallest absolute Gasteiger partial charge is 0.268 e. The third-order valence-electron chi connectivity index (χ3n) is 2.83. The van der Waals surface area contributed by atoms with E-state index in [4.69, 9.17) is 0 Å². The Morgan fingerprint density at radius 3 is 2.76 bits per heavy atom. The van der Waals surface area contributed by atoms with Gasteiger partial charge >= 0.3 is 0 Å². The summed E-state index contributed by atoms with van der Waals surface area (Å²) in [5, 5.41) is 10.9. The SMILES string of the molecule is CCCC(C)(O)Cn1sc2ccccc2c1=O. The first-order valence-corrected chi connectivity index (χ1v) is 6.62. The number of fused-ring (bicyclic) bond motifs is 1. The molecule has 1 aromatic carbocycles. The molecule has 0 aliphatic carbocycles. The molecule has 2 rings (SSSR count). The van der Waals surface area contributed by atoms with Gasteiger partial charge < -0.3 is 5.11 Å². The zero-order chi connectivity index (χ0) is 12.5. The van der Waals surface area contributed by atoms with Crippen molar-refractivity contribution >= 4 is 21.6 Å². The highest BCUT2D eigenvalue weighted by Gasteiger charge is 2.21. The second-order valence-electron chi connectivity index (χ2n) is 4.68. The molecule has 1 aromatic heterocycles. The summed E-state index contributed by atoms with van der Waals surface area (Å²) in [6.07, 6.45) is 1.61. The largest absolute Gasteiger partial charge is 0.388 e. The lowest BCUT2D eigenvalue weighted by molar-refractivity contribution is 0.0345. The second-order valence-corrected chi connectivity index (χ2v) is 5.74. The van der Waals surface area contributed by atoms with E-state index in [0.29, 0.717) is 13.0 Å². The zero-order valence-electron chi connectivity index (χ0n) is 10.1. The maximum atomic E-state index is 12.1. The average molecular weight is 251 g/mol. The third kappa shape index (κ3) is 2.58. The van der Waals surface area contributed by atoms with Crippen LogP contribution in [-0.4, -0.2) is 14.7 Å². The van der Waals surface area contributed by atoms with Gasteiger partial charge in [0, 0.05) is 0 Å². The summed E-state index contributed by atoms with van der Waals surface area (Å²) in [6, 6.07) is 7.56. The molecule has 17 heavy (non-hydrogen) atoms.